The van der Waals surface area contributed by atoms with E-state index in [2.05, 4.69) is 22.2 Å². The molecule has 3 aromatic rings. The van der Waals surface area contributed by atoms with Gasteiger partial charge in [-0.2, -0.15) is 5.10 Å². The van der Waals surface area contributed by atoms with Gasteiger partial charge >= 0.3 is 5.97 Å². The summed E-state index contributed by atoms with van der Waals surface area (Å²) in [6.07, 6.45) is 6.65. The molecule has 4 rings (SSSR count). The zero-order chi connectivity index (χ0) is 16.7. The van der Waals surface area contributed by atoms with Crippen LogP contribution in [0.1, 0.15) is 27.2 Å². The van der Waals surface area contributed by atoms with Crippen LogP contribution in [0, 0.1) is 6.92 Å². The highest BCUT2D eigenvalue weighted by molar-refractivity contribution is 5.98. The fourth-order valence-corrected chi connectivity index (χ4v) is 3.15. The first kappa shape index (κ1) is 14.4. The van der Waals surface area contributed by atoms with E-state index in [-0.39, 0.29) is 5.56 Å². The van der Waals surface area contributed by atoms with Gasteiger partial charge in [0, 0.05) is 11.8 Å². The Labute approximate surface area is 138 Å². The third-order valence-corrected chi connectivity index (χ3v) is 4.27. The summed E-state index contributed by atoms with van der Waals surface area (Å²) >= 11 is 0. The van der Waals surface area contributed by atoms with E-state index in [9.17, 15) is 9.90 Å². The molecular formula is C19H15N3O2. The molecule has 0 saturated heterocycles. The molecule has 0 unspecified atom stereocenters. The van der Waals surface area contributed by atoms with Crippen LogP contribution < -0.4 is 0 Å². The topological polar surface area (TPSA) is 68.0 Å². The van der Waals surface area contributed by atoms with Gasteiger partial charge in [-0.05, 0) is 36.6 Å². The van der Waals surface area contributed by atoms with Crippen molar-refractivity contribution in [2.75, 3.05) is 0 Å². The van der Waals surface area contributed by atoms with Gasteiger partial charge in [0.25, 0.3) is 0 Å². The molecule has 0 bridgehead atoms. The summed E-state index contributed by atoms with van der Waals surface area (Å²) in [7, 11) is 0. The predicted molar refractivity (Wildman–Crippen MR) is 91.2 cm³/mol. The second kappa shape index (κ2) is 5.45. The summed E-state index contributed by atoms with van der Waals surface area (Å²) in [5.74, 6) is -0.379. The van der Waals surface area contributed by atoms with Crippen LogP contribution in [0.25, 0.3) is 23.2 Å². The number of aromatic nitrogens is 3. The maximum atomic E-state index is 11.9. The van der Waals surface area contributed by atoms with Crippen molar-refractivity contribution in [3.8, 4) is 17.1 Å². The molecule has 0 saturated carbocycles. The number of allylic oxidation sites excluding steroid dienone is 1. The number of hydrogen-bond donors (Lipinski definition) is 1. The molecule has 0 aliphatic heterocycles. The van der Waals surface area contributed by atoms with Crippen molar-refractivity contribution < 1.29 is 9.90 Å². The number of hydrogen-bond acceptors (Lipinski definition) is 3. The van der Waals surface area contributed by atoms with E-state index in [1.165, 1.54) is 5.56 Å². The first-order valence-corrected chi connectivity index (χ1v) is 7.70. The largest absolute Gasteiger partial charge is 0.478 e. The number of benzene rings is 1. The molecule has 0 fully saturated rings. The van der Waals surface area contributed by atoms with E-state index in [4.69, 9.17) is 0 Å². The lowest BCUT2D eigenvalue weighted by Gasteiger charge is -2.06. The average Bonchev–Trinajstić information content (AvgIpc) is 3.19. The van der Waals surface area contributed by atoms with Crippen molar-refractivity contribution in [2.45, 2.75) is 13.3 Å². The number of carbonyl (C=O) groups is 1. The molecule has 24 heavy (non-hydrogen) atoms. The van der Waals surface area contributed by atoms with Crippen LogP contribution in [0.15, 0.2) is 48.7 Å². The summed E-state index contributed by atoms with van der Waals surface area (Å²) < 4.78 is 1.59. The SMILES string of the molecule is Cc1c(C(=O)O)c(-c2cccc3c2C=CC3)nn1-c1ccccn1. The Morgan fingerprint density at radius 3 is 2.83 bits per heavy atom. The van der Waals surface area contributed by atoms with E-state index in [0.717, 1.165) is 17.5 Å². The van der Waals surface area contributed by atoms with E-state index < -0.39 is 5.97 Å². The normalized spacial score (nSPS) is 12.4. The maximum absolute atomic E-state index is 11.9. The molecule has 5 nitrogen and oxygen atoms in total. The fourth-order valence-electron chi connectivity index (χ4n) is 3.15. The predicted octanol–water partition coefficient (Wildman–Crippen LogP) is 3.51. The van der Waals surface area contributed by atoms with Crippen LogP contribution in [0.4, 0.5) is 0 Å². The molecule has 5 heteroatoms. The third-order valence-electron chi connectivity index (χ3n) is 4.27. The standard InChI is InChI=1S/C19H15N3O2/c1-12-17(19(23)24)18(21-22(12)16-10-2-3-11-20-16)15-9-5-7-13-6-4-8-14(13)15/h2-5,7-11H,6H2,1H3,(H,23,24). The lowest BCUT2D eigenvalue weighted by molar-refractivity contribution is 0.0697. The summed E-state index contributed by atoms with van der Waals surface area (Å²) in [5.41, 5.74) is 4.34. The first-order chi connectivity index (χ1) is 11.7. The van der Waals surface area contributed by atoms with Crippen molar-refractivity contribution in [3.05, 3.63) is 71.1 Å². The number of pyridine rings is 1. The summed E-state index contributed by atoms with van der Waals surface area (Å²) in [5, 5.41) is 14.3. The van der Waals surface area contributed by atoms with Crippen LogP contribution in [0.2, 0.25) is 0 Å². The number of aromatic carboxylic acids is 1. The fraction of sp³-hybridized carbons (Fsp3) is 0.105. The highest BCUT2D eigenvalue weighted by Crippen LogP contribution is 2.34. The quantitative estimate of drug-likeness (QED) is 0.802. The molecule has 118 valence electrons. The van der Waals surface area contributed by atoms with E-state index in [0.29, 0.717) is 17.2 Å². The third kappa shape index (κ3) is 2.13. The van der Waals surface area contributed by atoms with E-state index >= 15 is 0 Å². The van der Waals surface area contributed by atoms with E-state index in [1.807, 2.05) is 36.4 Å². The minimum Gasteiger partial charge on any atom is -0.478 e. The van der Waals surface area contributed by atoms with Gasteiger partial charge in [0.05, 0.1) is 5.69 Å². The Hall–Kier alpha value is -3.21. The summed E-state index contributed by atoms with van der Waals surface area (Å²) in [6.45, 7) is 1.76. The number of fused-ring (bicyclic) bond motifs is 1. The second-order valence-corrected chi connectivity index (χ2v) is 5.70. The minimum absolute atomic E-state index is 0.217. The monoisotopic (exact) mass is 317 g/mol. The number of rotatable bonds is 3. The highest BCUT2D eigenvalue weighted by Gasteiger charge is 2.25. The molecule has 1 aliphatic carbocycles. The van der Waals surface area contributed by atoms with Crippen LogP contribution in [0.3, 0.4) is 0 Å². The maximum Gasteiger partial charge on any atom is 0.339 e. The Morgan fingerprint density at radius 2 is 2.08 bits per heavy atom. The summed E-state index contributed by atoms with van der Waals surface area (Å²) in [4.78, 5) is 16.2. The van der Waals surface area contributed by atoms with Crippen LogP contribution >= 0.6 is 0 Å². The summed E-state index contributed by atoms with van der Waals surface area (Å²) in [6, 6.07) is 11.4. The van der Waals surface area contributed by atoms with Gasteiger partial charge in [0.15, 0.2) is 5.82 Å². The molecule has 2 heterocycles. The highest BCUT2D eigenvalue weighted by atomic mass is 16.4. The van der Waals surface area contributed by atoms with Crippen molar-refractivity contribution in [3.63, 3.8) is 0 Å². The zero-order valence-corrected chi connectivity index (χ0v) is 13.1. The lowest BCUT2D eigenvalue weighted by Crippen LogP contribution is -2.03. The first-order valence-electron chi connectivity index (χ1n) is 7.70. The van der Waals surface area contributed by atoms with Gasteiger partial charge in [-0.15, -0.1) is 0 Å². The molecular weight excluding hydrogens is 302 g/mol. The Balaban J connectivity index is 1.99. The van der Waals surface area contributed by atoms with Crippen LogP contribution in [0.5, 0.6) is 0 Å². The molecule has 0 spiro atoms. The van der Waals surface area contributed by atoms with Gasteiger partial charge in [0.1, 0.15) is 11.3 Å². The number of carboxylic acid groups (broad SMARTS) is 1. The zero-order valence-electron chi connectivity index (χ0n) is 13.1. The van der Waals surface area contributed by atoms with Crippen LogP contribution in [-0.2, 0) is 6.42 Å². The Morgan fingerprint density at radius 1 is 1.21 bits per heavy atom. The molecule has 1 aliphatic rings. The van der Waals surface area contributed by atoms with Crippen molar-refractivity contribution in [1.29, 1.82) is 0 Å². The Kier molecular flexibility index (Phi) is 3.27. The van der Waals surface area contributed by atoms with Crippen molar-refractivity contribution in [1.82, 2.24) is 14.8 Å². The van der Waals surface area contributed by atoms with Gasteiger partial charge in [0.2, 0.25) is 0 Å². The van der Waals surface area contributed by atoms with Crippen LogP contribution in [-0.4, -0.2) is 25.8 Å². The average molecular weight is 317 g/mol. The van der Waals surface area contributed by atoms with Gasteiger partial charge in [-0.25, -0.2) is 14.5 Å². The molecule has 0 radical (unpaired) electrons. The van der Waals surface area contributed by atoms with Crippen molar-refractivity contribution in [2.24, 2.45) is 0 Å². The molecule has 1 N–H and O–H groups in total. The minimum atomic E-state index is -0.982. The second-order valence-electron chi connectivity index (χ2n) is 5.70. The Bertz CT molecular complexity index is 972. The number of carboxylic acids is 1. The van der Waals surface area contributed by atoms with Gasteiger partial charge < -0.3 is 5.11 Å². The molecule has 1 aromatic carbocycles. The van der Waals surface area contributed by atoms with Crippen molar-refractivity contribution >= 4 is 12.0 Å². The molecule has 2 aromatic heterocycles. The van der Waals surface area contributed by atoms with Gasteiger partial charge in [-0.1, -0.05) is 36.4 Å². The lowest BCUT2D eigenvalue weighted by atomic mass is 9.98. The molecule has 0 atom stereocenters. The van der Waals surface area contributed by atoms with Gasteiger partial charge in [-0.3, -0.25) is 0 Å². The number of nitrogens with zero attached hydrogens (tertiary/aromatic N) is 3. The smallest absolute Gasteiger partial charge is 0.339 e. The van der Waals surface area contributed by atoms with E-state index in [1.54, 1.807) is 17.8 Å². The molecule has 0 amide bonds.